The number of rotatable bonds is 1. The first-order valence-electron chi connectivity index (χ1n) is 3.74. The topological polar surface area (TPSA) is 0 Å². The van der Waals surface area contributed by atoms with Crippen molar-refractivity contribution < 1.29 is 4.39 Å². The van der Waals surface area contributed by atoms with Gasteiger partial charge in [-0.2, -0.15) is 0 Å². The predicted molar refractivity (Wildman–Crippen MR) is 58.1 cm³/mol. The second-order valence-corrected chi connectivity index (χ2v) is 3.35. The van der Waals surface area contributed by atoms with E-state index in [1.54, 1.807) is 12.1 Å². The van der Waals surface area contributed by atoms with Crippen LogP contribution in [-0.2, 0) is 5.33 Å². The zero-order valence-corrected chi connectivity index (χ0v) is 10.2. The van der Waals surface area contributed by atoms with E-state index in [2.05, 4.69) is 31.9 Å². The monoisotopic (exact) mass is 296 g/mol. The fraction of sp³-hybridized carbons (Fsp3) is 0.333. The maximum absolute atomic E-state index is 12.7. The Kier molecular flexibility index (Phi) is 6.67. The molecule has 1 aromatic rings. The van der Waals surface area contributed by atoms with Crippen molar-refractivity contribution in [2.24, 2.45) is 0 Å². The number of benzene rings is 1. The van der Waals surface area contributed by atoms with Gasteiger partial charge in [0.15, 0.2) is 0 Å². The average Bonchev–Trinajstić information content (AvgIpc) is 2.13. The second kappa shape index (κ2) is 6.61. The summed E-state index contributed by atoms with van der Waals surface area (Å²) < 4.78 is 13.6. The van der Waals surface area contributed by atoms with Crippen molar-refractivity contribution in [2.45, 2.75) is 19.2 Å². The normalized spacial score (nSPS) is 8.75. The molecule has 0 spiro atoms. The molecule has 0 heterocycles. The van der Waals surface area contributed by atoms with E-state index in [0.29, 0.717) is 10.9 Å². The van der Waals surface area contributed by atoms with Gasteiger partial charge in [-0.1, -0.05) is 45.7 Å². The fourth-order valence-corrected chi connectivity index (χ4v) is 1.48. The third-order valence-electron chi connectivity index (χ3n) is 1.15. The molecule has 68 valence electrons. The molecule has 0 bridgehead atoms. The van der Waals surface area contributed by atoms with Crippen molar-refractivity contribution in [3.05, 3.63) is 34.1 Å². The quantitative estimate of drug-likeness (QED) is 0.669. The molecule has 0 aliphatic heterocycles. The van der Waals surface area contributed by atoms with Crippen LogP contribution in [0.1, 0.15) is 19.4 Å². The first-order chi connectivity index (χ1) is 5.74. The molecule has 1 rings (SSSR count). The third kappa shape index (κ3) is 3.68. The lowest BCUT2D eigenvalue weighted by Crippen LogP contribution is -1.83. The van der Waals surface area contributed by atoms with Gasteiger partial charge in [0.1, 0.15) is 5.82 Å². The van der Waals surface area contributed by atoms with Crippen LogP contribution in [0.3, 0.4) is 0 Å². The molecular formula is C9H11Br2F. The van der Waals surface area contributed by atoms with Crippen LogP contribution in [0.15, 0.2) is 22.7 Å². The Morgan fingerprint density at radius 1 is 1.33 bits per heavy atom. The van der Waals surface area contributed by atoms with Crippen LogP contribution >= 0.6 is 31.9 Å². The molecule has 0 radical (unpaired) electrons. The fourth-order valence-electron chi connectivity index (χ4n) is 0.646. The van der Waals surface area contributed by atoms with E-state index in [4.69, 9.17) is 0 Å². The predicted octanol–water partition coefficient (Wildman–Crippen LogP) is 4.51. The van der Waals surface area contributed by atoms with Gasteiger partial charge in [-0.05, 0) is 23.8 Å². The van der Waals surface area contributed by atoms with Crippen molar-refractivity contribution >= 4 is 31.9 Å². The van der Waals surface area contributed by atoms with Gasteiger partial charge in [0.25, 0.3) is 0 Å². The third-order valence-corrected chi connectivity index (χ3v) is 2.25. The number of hydrogen-bond acceptors (Lipinski definition) is 0. The highest BCUT2D eigenvalue weighted by molar-refractivity contribution is 9.10. The molecule has 0 N–H and O–H groups in total. The zero-order chi connectivity index (χ0) is 9.56. The van der Waals surface area contributed by atoms with Crippen molar-refractivity contribution in [2.75, 3.05) is 0 Å². The van der Waals surface area contributed by atoms with E-state index in [0.717, 1.165) is 4.47 Å². The van der Waals surface area contributed by atoms with E-state index < -0.39 is 0 Å². The van der Waals surface area contributed by atoms with Gasteiger partial charge in [-0.25, -0.2) is 4.39 Å². The van der Waals surface area contributed by atoms with Crippen LogP contribution in [0.25, 0.3) is 0 Å². The zero-order valence-electron chi connectivity index (χ0n) is 7.07. The molecule has 0 aliphatic carbocycles. The lowest BCUT2D eigenvalue weighted by atomic mass is 10.2. The number of hydrogen-bond donors (Lipinski definition) is 0. The minimum absolute atomic E-state index is 0.167. The molecule has 0 unspecified atom stereocenters. The van der Waals surface area contributed by atoms with E-state index in [9.17, 15) is 4.39 Å². The van der Waals surface area contributed by atoms with Gasteiger partial charge in [-0.15, -0.1) is 0 Å². The first-order valence-corrected chi connectivity index (χ1v) is 5.65. The highest BCUT2D eigenvalue weighted by Crippen LogP contribution is 2.17. The summed E-state index contributed by atoms with van der Waals surface area (Å²) in [6.07, 6.45) is 0. The number of alkyl halides is 1. The van der Waals surface area contributed by atoms with Gasteiger partial charge in [0.05, 0.1) is 0 Å². The van der Waals surface area contributed by atoms with Crippen LogP contribution in [-0.4, -0.2) is 0 Å². The highest BCUT2D eigenvalue weighted by atomic mass is 79.9. The molecular weight excluding hydrogens is 287 g/mol. The molecule has 0 nitrogen and oxygen atoms in total. The largest absolute Gasteiger partial charge is 0.207 e. The Bertz CT molecular complexity index is 236. The second-order valence-electron chi connectivity index (χ2n) is 1.87. The maximum Gasteiger partial charge on any atom is 0.127 e. The minimum atomic E-state index is -0.167. The summed E-state index contributed by atoms with van der Waals surface area (Å²) in [6, 6.07) is 4.88. The molecule has 0 aromatic heterocycles. The summed E-state index contributed by atoms with van der Waals surface area (Å²) in [5.41, 5.74) is 0.675. The lowest BCUT2D eigenvalue weighted by molar-refractivity contribution is 0.617. The van der Waals surface area contributed by atoms with E-state index >= 15 is 0 Å². The maximum atomic E-state index is 12.7. The van der Waals surface area contributed by atoms with Crippen molar-refractivity contribution in [1.29, 1.82) is 0 Å². The van der Waals surface area contributed by atoms with Crippen LogP contribution in [0.4, 0.5) is 4.39 Å². The van der Waals surface area contributed by atoms with Gasteiger partial charge in [0.2, 0.25) is 0 Å². The van der Waals surface area contributed by atoms with Crippen LogP contribution < -0.4 is 0 Å². The summed E-state index contributed by atoms with van der Waals surface area (Å²) in [6.45, 7) is 4.00. The highest BCUT2D eigenvalue weighted by Gasteiger charge is 1.98. The van der Waals surface area contributed by atoms with Gasteiger partial charge >= 0.3 is 0 Å². The van der Waals surface area contributed by atoms with Gasteiger partial charge in [0, 0.05) is 9.80 Å². The molecule has 0 fully saturated rings. The van der Waals surface area contributed by atoms with Gasteiger partial charge < -0.3 is 0 Å². The summed E-state index contributed by atoms with van der Waals surface area (Å²) in [4.78, 5) is 0. The smallest absolute Gasteiger partial charge is 0.127 e. The standard InChI is InChI=1S/C7H5Br2F.C2H6/c8-4-5-3-6(9)1-2-7(5)10;1-2/h1-3H,4H2;1-2H3. The molecule has 12 heavy (non-hydrogen) atoms. The molecule has 1 aromatic carbocycles. The molecule has 0 saturated heterocycles. The van der Waals surface area contributed by atoms with E-state index in [-0.39, 0.29) is 5.82 Å². The Hall–Kier alpha value is 0.110. The summed E-state index contributed by atoms with van der Waals surface area (Å²) in [5, 5.41) is 0.554. The molecule has 0 atom stereocenters. The molecule has 0 amide bonds. The Morgan fingerprint density at radius 2 is 1.92 bits per heavy atom. The molecule has 0 saturated carbocycles. The SMILES string of the molecule is CC.Fc1ccc(Br)cc1CBr. The van der Waals surface area contributed by atoms with E-state index in [1.165, 1.54) is 6.07 Å². The molecule has 0 aliphatic rings. The van der Waals surface area contributed by atoms with Crippen molar-refractivity contribution in [1.82, 2.24) is 0 Å². The van der Waals surface area contributed by atoms with Crippen molar-refractivity contribution in [3.8, 4) is 0 Å². The summed E-state index contributed by atoms with van der Waals surface area (Å²) in [5.74, 6) is -0.167. The summed E-state index contributed by atoms with van der Waals surface area (Å²) >= 11 is 6.43. The Morgan fingerprint density at radius 3 is 2.33 bits per heavy atom. The van der Waals surface area contributed by atoms with Crippen LogP contribution in [0, 0.1) is 5.82 Å². The summed E-state index contributed by atoms with van der Waals surface area (Å²) in [7, 11) is 0. The van der Waals surface area contributed by atoms with Crippen molar-refractivity contribution in [3.63, 3.8) is 0 Å². The molecule has 3 heteroatoms. The Balaban J connectivity index is 0.000000561. The average molecular weight is 298 g/mol. The Labute approximate surface area is 89.4 Å². The minimum Gasteiger partial charge on any atom is -0.207 e. The van der Waals surface area contributed by atoms with E-state index in [1.807, 2.05) is 13.8 Å². The van der Waals surface area contributed by atoms with Gasteiger partial charge in [-0.3, -0.25) is 0 Å². The van der Waals surface area contributed by atoms with Crippen LogP contribution in [0.5, 0.6) is 0 Å². The number of halogens is 3. The first kappa shape index (κ1) is 12.1. The lowest BCUT2D eigenvalue weighted by Gasteiger charge is -1.97. The van der Waals surface area contributed by atoms with Crippen LogP contribution in [0.2, 0.25) is 0 Å².